The SMILES string of the molecule is O=C(CCn1cnc2ccccc2c1=O)N1CCN(Cc2ncn[nH]2)CC1. The number of benzene rings is 1. The Morgan fingerprint density at radius 2 is 1.93 bits per heavy atom. The van der Waals surface area contributed by atoms with E-state index in [2.05, 4.69) is 25.1 Å². The molecule has 0 spiro atoms. The number of carbonyl (C=O) groups is 1. The molecule has 0 saturated carbocycles. The van der Waals surface area contributed by atoms with Crippen LogP contribution < -0.4 is 5.56 Å². The second kappa shape index (κ2) is 7.67. The molecular formula is C18H21N7O2. The number of nitrogens with zero attached hydrogens (tertiary/aromatic N) is 6. The smallest absolute Gasteiger partial charge is 0.261 e. The number of para-hydroxylation sites is 1. The van der Waals surface area contributed by atoms with Crippen LogP contribution in [0.25, 0.3) is 10.9 Å². The lowest BCUT2D eigenvalue weighted by atomic mass is 10.2. The molecule has 3 aromatic rings. The lowest BCUT2D eigenvalue weighted by Gasteiger charge is -2.34. The molecule has 1 N–H and O–H groups in total. The highest BCUT2D eigenvalue weighted by atomic mass is 16.2. The summed E-state index contributed by atoms with van der Waals surface area (Å²) in [5, 5.41) is 7.28. The third-order valence-corrected chi connectivity index (χ3v) is 4.86. The quantitative estimate of drug-likeness (QED) is 0.694. The molecule has 0 radical (unpaired) electrons. The number of rotatable bonds is 5. The van der Waals surface area contributed by atoms with Gasteiger partial charge in [-0.25, -0.2) is 9.97 Å². The number of aromatic nitrogens is 5. The van der Waals surface area contributed by atoms with Crippen molar-refractivity contribution >= 4 is 16.8 Å². The molecule has 0 atom stereocenters. The van der Waals surface area contributed by atoms with E-state index < -0.39 is 0 Å². The number of hydrogen-bond donors (Lipinski definition) is 1. The molecule has 0 aliphatic carbocycles. The van der Waals surface area contributed by atoms with Crippen LogP contribution in [0.2, 0.25) is 0 Å². The van der Waals surface area contributed by atoms with E-state index in [1.165, 1.54) is 17.2 Å². The third-order valence-electron chi connectivity index (χ3n) is 4.86. The molecule has 1 aromatic carbocycles. The van der Waals surface area contributed by atoms with Crippen LogP contribution in [0.5, 0.6) is 0 Å². The molecule has 3 heterocycles. The Bertz CT molecular complexity index is 975. The van der Waals surface area contributed by atoms with Crippen molar-refractivity contribution in [3.8, 4) is 0 Å². The Morgan fingerprint density at radius 1 is 1.11 bits per heavy atom. The maximum Gasteiger partial charge on any atom is 0.261 e. The number of H-pyrrole nitrogens is 1. The molecule has 1 fully saturated rings. The zero-order chi connectivity index (χ0) is 18.6. The summed E-state index contributed by atoms with van der Waals surface area (Å²) < 4.78 is 1.51. The lowest BCUT2D eigenvalue weighted by Crippen LogP contribution is -2.48. The number of nitrogens with one attached hydrogen (secondary N) is 1. The van der Waals surface area contributed by atoms with Crippen molar-refractivity contribution in [2.45, 2.75) is 19.5 Å². The highest BCUT2D eigenvalue weighted by Crippen LogP contribution is 2.08. The van der Waals surface area contributed by atoms with E-state index in [0.29, 0.717) is 43.5 Å². The average molecular weight is 367 g/mol. The van der Waals surface area contributed by atoms with Gasteiger partial charge in [-0.3, -0.25) is 24.2 Å². The first kappa shape index (κ1) is 17.3. The van der Waals surface area contributed by atoms with E-state index in [9.17, 15) is 9.59 Å². The molecule has 1 amide bonds. The van der Waals surface area contributed by atoms with Gasteiger partial charge in [0.2, 0.25) is 5.91 Å². The number of carbonyl (C=O) groups excluding carboxylic acids is 1. The van der Waals surface area contributed by atoms with E-state index in [1.54, 1.807) is 6.07 Å². The fourth-order valence-corrected chi connectivity index (χ4v) is 3.31. The van der Waals surface area contributed by atoms with Gasteiger partial charge in [0, 0.05) is 39.1 Å². The first-order valence-electron chi connectivity index (χ1n) is 8.99. The Labute approximate surface area is 155 Å². The van der Waals surface area contributed by atoms with Crippen LogP contribution in [0.1, 0.15) is 12.2 Å². The van der Waals surface area contributed by atoms with Gasteiger partial charge in [0.1, 0.15) is 12.2 Å². The van der Waals surface area contributed by atoms with Crippen molar-refractivity contribution < 1.29 is 4.79 Å². The zero-order valence-corrected chi connectivity index (χ0v) is 14.9. The summed E-state index contributed by atoms with van der Waals surface area (Å²) in [6, 6.07) is 7.24. The molecule has 0 bridgehead atoms. The number of aromatic amines is 1. The van der Waals surface area contributed by atoms with E-state index in [4.69, 9.17) is 0 Å². The predicted molar refractivity (Wildman–Crippen MR) is 98.9 cm³/mol. The van der Waals surface area contributed by atoms with E-state index in [1.807, 2.05) is 23.1 Å². The molecule has 0 unspecified atom stereocenters. The van der Waals surface area contributed by atoms with Crippen LogP contribution in [0, 0.1) is 0 Å². The number of aryl methyl sites for hydroxylation is 1. The van der Waals surface area contributed by atoms with Crippen molar-refractivity contribution in [3.05, 3.63) is 53.1 Å². The number of hydrogen-bond acceptors (Lipinski definition) is 6. The first-order chi connectivity index (χ1) is 13.2. The highest BCUT2D eigenvalue weighted by Gasteiger charge is 2.21. The van der Waals surface area contributed by atoms with Gasteiger partial charge < -0.3 is 4.90 Å². The molecule has 1 aliphatic heterocycles. The molecule has 1 saturated heterocycles. The van der Waals surface area contributed by atoms with E-state index in [0.717, 1.165) is 18.9 Å². The van der Waals surface area contributed by atoms with Crippen LogP contribution in [0.3, 0.4) is 0 Å². The molecule has 27 heavy (non-hydrogen) atoms. The summed E-state index contributed by atoms with van der Waals surface area (Å²) in [6.07, 6.45) is 3.31. The maximum atomic E-state index is 12.5. The number of piperazine rings is 1. The fraction of sp³-hybridized carbons (Fsp3) is 0.389. The van der Waals surface area contributed by atoms with Crippen LogP contribution in [-0.4, -0.2) is 66.6 Å². The van der Waals surface area contributed by atoms with Gasteiger partial charge >= 0.3 is 0 Å². The lowest BCUT2D eigenvalue weighted by molar-refractivity contribution is -0.133. The van der Waals surface area contributed by atoms with Crippen LogP contribution in [-0.2, 0) is 17.9 Å². The minimum Gasteiger partial charge on any atom is -0.340 e. The van der Waals surface area contributed by atoms with Crippen molar-refractivity contribution in [3.63, 3.8) is 0 Å². The second-order valence-corrected chi connectivity index (χ2v) is 6.60. The molecule has 2 aromatic heterocycles. The first-order valence-corrected chi connectivity index (χ1v) is 8.99. The normalized spacial score (nSPS) is 15.3. The van der Waals surface area contributed by atoms with Gasteiger partial charge in [0.25, 0.3) is 5.56 Å². The monoisotopic (exact) mass is 367 g/mol. The van der Waals surface area contributed by atoms with E-state index >= 15 is 0 Å². The minimum atomic E-state index is -0.106. The van der Waals surface area contributed by atoms with Crippen molar-refractivity contribution in [2.24, 2.45) is 0 Å². The van der Waals surface area contributed by atoms with Crippen LogP contribution >= 0.6 is 0 Å². The largest absolute Gasteiger partial charge is 0.340 e. The number of amides is 1. The van der Waals surface area contributed by atoms with Gasteiger partial charge in [0.15, 0.2) is 0 Å². The van der Waals surface area contributed by atoms with E-state index in [-0.39, 0.29) is 11.5 Å². The summed E-state index contributed by atoms with van der Waals surface area (Å²) in [5.41, 5.74) is 0.568. The summed E-state index contributed by atoms with van der Waals surface area (Å²) in [5.74, 6) is 0.896. The third kappa shape index (κ3) is 3.87. The summed E-state index contributed by atoms with van der Waals surface area (Å²) in [4.78, 5) is 37.5. The van der Waals surface area contributed by atoms with Gasteiger partial charge in [0.05, 0.1) is 23.8 Å². The Morgan fingerprint density at radius 3 is 2.70 bits per heavy atom. The summed E-state index contributed by atoms with van der Waals surface area (Å²) >= 11 is 0. The number of fused-ring (bicyclic) bond motifs is 1. The fourth-order valence-electron chi connectivity index (χ4n) is 3.31. The minimum absolute atomic E-state index is 0.0642. The molecule has 140 valence electrons. The highest BCUT2D eigenvalue weighted by molar-refractivity contribution is 5.77. The topological polar surface area (TPSA) is 100 Å². The zero-order valence-electron chi connectivity index (χ0n) is 14.9. The maximum absolute atomic E-state index is 12.5. The Kier molecular flexibility index (Phi) is 4.93. The summed E-state index contributed by atoms with van der Waals surface area (Å²) in [7, 11) is 0. The second-order valence-electron chi connectivity index (χ2n) is 6.60. The Balaban J connectivity index is 1.31. The Hall–Kier alpha value is -3.07. The standard InChI is InChI=1S/C18H21N7O2/c26-17(24-9-7-23(8-10-24)11-16-19-12-21-22-16)5-6-25-13-20-15-4-2-1-3-14(15)18(25)27/h1-4,12-13H,5-11H2,(H,19,21,22). The van der Waals surface area contributed by atoms with Crippen molar-refractivity contribution in [1.29, 1.82) is 0 Å². The van der Waals surface area contributed by atoms with Crippen LogP contribution in [0.4, 0.5) is 0 Å². The molecule has 9 nitrogen and oxygen atoms in total. The van der Waals surface area contributed by atoms with Gasteiger partial charge in [-0.1, -0.05) is 12.1 Å². The summed E-state index contributed by atoms with van der Waals surface area (Å²) in [6.45, 7) is 4.00. The molecule has 9 heteroatoms. The van der Waals surface area contributed by atoms with Gasteiger partial charge in [-0.05, 0) is 12.1 Å². The molecule has 4 rings (SSSR count). The van der Waals surface area contributed by atoms with Gasteiger partial charge in [-0.2, -0.15) is 5.10 Å². The van der Waals surface area contributed by atoms with Crippen molar-refractivity contribution in [2.75, 3.05) is 26.2 Å². The molecule has 1 aliphatic rings. The average Bonchev–Trinajstić information content (AvgIpc) is 3.21. The predicted octanol–water partition coefficient (Wildman–Crippen LogP) is 0.249. The van der Waals surface area contributed by atoms with Crippen molar-refractivity contribution in [1.82, 2.24) is 34.5 Å². The molecular weight excluding hydrogens is 346 g/mol. The van der Waals surface area contributed by atoms with Gasteiger partial charge in [-0.15, -0.1) is 0 Å². The van der Waals surface area contributed by atoms with Crippen LogP contribution in [0.15, 0.2) is 41.7 Å².